The summed E-state index contributed by atoms with van der Waals surface area (Å²) in [7, 11) is 0. The maximum atomic E-state index is 12.1. The fourth-order valence-corrected chi connectivity index (χ4v) is 2.21. The summed E-state index contributed by atoms with van der Waals surface area (Å²) in [4.78, 5) is 12.9. The van der Waals surface area contributed by atoms with Crippen LogP contribution in [0.4, 0.5) is 5.69 Å². The molecule has 0 atom stereocenters. The van der Waals surface area contributed by atoms with E-state index in [1.54, 1.807) is 13.0 Å². The number of carbonyl (C=O) groups excluding carboxylic acids is 1. The first kappa shape index (κ1) is 13.6. The van der Waals surface area contributed by atoms with Crippen molar-refractivity contribution in [1.29, 1.82) is 0 Å². The molecule has 7 heteroatoms. The van der Waals surface area contributed by atoms with Gasteiger partial charge in [0.15, 0.2) is 0 Å². The minimum Gasteiger partial charge on any atom is -0.389 e. The number of hydrogen-bond donors (Lipinski definition) is 2. The molecule has 0 bridgehead atoms. The first-order valence-corrected chi connectivity index (χ1v) is 6.68. The van der Waals surface area contributed by atoms with E-state index in [1.165, 1.54) is 0 Å². The fourth-order valence-electron chi connectivity index (χ4n) is 1.53. The van der Waals surface area contributed by atoms with Crippen molar-refractivity contribution < 1.29 is 4.79 Å². The molecule has 1 amide bonds. The standard InChI is InChI=1S/C12H12N4OS2/c1-6-3-4-8(11(13)18)5-9(6)14-12(17)10-7(2)15-16-19-10/h3-5H,1-2H3,(H2,13,18)(H,14,17). The molecule has 2 aromatic rings. The van der Waals surface area contributed by atoms with Crippen LogP contribution in [0.1, 0.15) is 26.5 Å². The molecule has 0 aliphatic heterocycles. The molecule has 0 fully saturated rings. The zero-order valence-electron chi connectivity index (χ0n) is 10.4. The van der Waals surface area contributed by atoms with Crippen molar-refractivity contribution in [2.75, 3.05) is 5.32 Å². The molecule has 1 heterocycles. The zero-order valence-corrected chi connectivity index (χ0v) is 12.1. The van der Waals surface area contributed by atoms with Crippen molar-refractivity contribution in [1.82, 2.24) is 9.59 Å². The van der Waals surface area contributed by atoms with E-state index in [1.807, 2.05) is 19.1 Å². The Morgan fingerprint density at radius 2 is 2.16 bits per heavy atom. The first-order valence-electron chi connectivity index (χ1n) is 5.50. The maximum Gasteiger partial charge on any atom is 0.269 e. The third kappa shape index (κ3) is 2.94. The Morgan fingerprint density at radius 1 is 1.42 bits per heavy atom. The number of nitrogens with one attached hydrogen (secondary N) is 1. The molecule has 0 spiro atoms. The van der Waals surface area contributed by atoms with Crippen LogP contribution in [0.3, 0.4) is 0 Å². The lowest BCUT2D eigenvalue weighted by Gasteiger charge is -2.09. The Bertz CT molecular complexity index is 651. The molecule has 0 saturated heterocycles. The second kappa shape index (κ2) is 5.41. The molecular weight excluding hydrogens is 280 g/mol. The van der Waals surface area contributed by atoms with E-state index >= 15 is 0 Å². The lowest BCUT2D eigenvalue weighted by Crippen LogP contribution is -2.14. The zero-order chi connectivity index (χ0) is 14.0. The van der Waals surface area contributed by atoms with Gasteiger partial charge in [-0.15, -0.1) is 5.10 Å². The molecule has 1 aromatic heterocycles. The van der Waals surface area contributed by atoms with Crippen LogP contribution in [-0.2, 0) is 0 Å². The van der Waals surface area contributed by atoms with Gasteiger partial charge < -0.3 is 11.1 Å². The smallest absolute Gasteiger partial charge is 0.269 e. The quantitative estimate of drug-likeness (QED) is 0.846. The number of nitrogens with two attached hydrogens (primary N) is 1. The van der Waals surface area contributed by atoms with Gasteiger partial charge in [0, 0.05) is 11.3 Å². The van der Waals surface area contributed by atoms with Crippen LogP contribution in [0.15, 0.2) is 18.2 Å². The average molecular weight is 292 g/mol. The summed E-state index contributed by atoms with van der Waals surface area (Å²) in [6.07, 6.45) is 0. The molecule has 0 radical (unpaired) electrons. The number of thiocarbonyl (C=S) groups is 1. The lowest BCUT2D eigenvalue weighted by atomic mass is 10.1. The molecule has 1 aromatic carbocycles. The van der Waals surface area contributed by atoms with E-state index in [0.29, 0.717) is 21.2 Å². The molecule has 0 unspecified atom stereocenters. The van der Waals surface area contributed by atoms with Crippen molar-refractivity contribution in [2.24, 2.45) is 5.73 Å². The van der Waals surface area contributed by atoms with E-state index < -0.39 is 0 Å². The summed E-state index contributed by atoms with van der Waals surface area (Å²) in [5.74, 6) is -0.226. The molecule has 0 aliphatic rings. The summed E-state index contributed by atoms with van der Waals surface area (Å²) in [5.41, 5.74) is 8.53. The van der Waals surface area contributed by atoms with E-state index in [4.69, 9.17) is 18.0 Å². The highest BCUT2D eigenvalue weighted by Crippen LogP contribution is 2.19. The Morgan fingerprint density at radius 3 is 2.74 bits per heavy atom. The molecule has 19 heavy (non-hydrogen) atoms. The number of amides is 1. The molecule has 98 valence electrons. The summed E-state index contributed by atoms with van der Waals surface area (Å²) in [6, 6.07) is 5.45. The van der Waals surface area contributed by atoms with Crippen molar-refractivity contribution >= 4 is 40.3 Å². The van der Waals surface area contributed by atoms with Crippen LogP contribution in [0.5, 0.6) is 0 Å². The number of nitrogens with zero attached hydrogens (tertiary/aromatic N) is 2. The van der Waals surface area contributed by atoms with Crippen LogP contribution in [-0.4, -0.2) is 20.5 Å². The highest BCUT2D eigenvalue weighted by molar-refractivity contribution is 7.80. The third-order valence-corrected chi connectivity index (χ3v) is 3.69. The van der Waals surface area contributed by atoms with Gasteiger partial charge in [-0.3, -0.25) is 4.79 Å². The van der Waals surface area contributed by atoms with Gasteiger partial charge in [-0.05, 0) is 37.0 Å². The number of aryl methyl sites for hydroxylation is 2. The molecule has 5 nitrogen and oxygen atoms in total. The van der Waals surface area contributed by atoms with Crippen LogP contribution < -0.4 is 11.1 Å². The van der Waals surface area contributed by atoms with Gasteiger partial charge >= 0.3 is 0 Å². The molecule has 3 N–H and O–H groups in total. The highest BCUT2D eigenvalue weighted by Gasteiger charge is 2.14. The molecular formula is C12H12N4OS2. The van der Waals surface area contributed by atoms with Gasteiger partial charge in [-0.2, -0.15) is 0 Å². The van der Waals surface area contributed by atoms with E-state index in [0.717, 1.165) is 22.7 Å². The van der Waals surface area contributed by atoms with Crippen molar-refractivity contribution in [2.45, 2.75) is 13.8 Å². The number of anilines is 1. The third-order valence-electron chi connectivity index (χ3n) is 2.63. The van der Waals surface area contributed by atoms with Gasteiger partial charge in [0.05, 0.1) is 5.69 Å². The summed E-state index contributed by atoms with van der Waals surface area (Å²) >= 11 is 6.00. The van der Waals surface area contributed by atoms with Gasteiger partial charge in [0.25, 0.3) is 5.91 Å². The Hall–Kier alpha value is -1.86. The molecule has 0 saturated carbocycles. The van der Waals surface area contributed by atoms with Crippen molar-refractivity contribution in [3.05, 3.63) is 39.9 Å². The van der Waals surface area contributed by atoms with Crippen molar-refractivity contribution in [3.8, 4) is 0 Å². The predicted molar refractivity (Wildman–Crippen MR) is 79.7 cm³/mol. The number of aromatic nitrogens is 2. The number of hydrogen-bond acceptors (Lipinski definition) is 5. The second-order valence-electron chi connectivity index (χ2n) is 4.04. The number of carbonyl (C=O) groups is 1. The fraction of sp³-hybridized carbons (Fsp3) is 0.167. The van der Waals surface area contributed by atoms with Crippen LogP contribution in [0, 0.1) is 13.8 Å². The van der Waals surface area contributed by atoms with E-state index in [2.05, 4.69) is 14.9 Å². The Kier molecular flexibility index (Phi) is 3.87. The monoisotopic (exact) mass is 292 g/mol. The largest absolute Gasteiger partial charge is 0.389 e. The summed E-state index contributed by atoms with van der Waals surface area (Å²) in [6.45, 7) is 3.65. The highest BCUT2D eigenvalue weighted by atomic mass is 32.1. The van der Waals surface area contributed by atoms with E-state index in [-0.39, 0.29) is 5.91 Å². The number of benzene rings is 1. The lowest BCUT2D eigenvalue weighted by molar-refractivity contribution is 0.102. The molecule has 2 rings (SSSR count). The van der Waals surface area contributed by atoms with Gasteiger partial charge in [-0.25, -0.2) is 0 Å². The Balaban J connectivity index is 2.28. The van der Waals surface area contributed by atoms with Gasteiger partial charge in [0.2, 0.25) is 0 Å². The van der Waals surface area contributed by atoms with E-state index in [9.17, 15) is 4.79 Å². The summed E-state index contributed by atoms with van der Waals surface area (Å²) in [5, 5.41) is 6.64. The first-order chi connectivity index (χ1) is 8.99. The van der Waals surface area contributed by atoms with Crippen LogP contribution in [0.2, 0.25) is 0 Å². The maximum absolute atomic E-state index is 12.1. The normalized spacial score (nSPS) is 10.2. The predicted octanol–water partition coefficient (Wildman–Crippen LogP) is 2.04. The summed E-state index contributed by atoms with van der Waals surface area (Å²) < 4.78 is 3.74. The van der Waals surface area contributed by atoms with Crippen LogP contribution in [0.25, 0.3) is 0 Å². The topological polar surface area (TPSA) is 80.9 Å². The van der Waals surface area contributed by atoms with Gasteiger partial charge in [-0.1, -0.05) is 28.8 Å². The van der Waals surface area contributed by atoms with Crippen LogP contribution >= 0.6 is 23.8 Å². The average Bonchev–Trinajstić information content (AvgIpc) is 2.78. The number of rotatable bonds is 3. The SMILES string of the molecule is Cc1ccc(C(N)=S)cc1NC(=O)c1snnc1C. The second-order valence-corrected chi connectivity index (χ2v) is 5.23. The molecule has 0 aliphatic carbocycles. The minimum atomic E-state index is -0.226. The van der Waals surface area contributed by atoms with Crippen molar-refractivity contribution in [3.63, 3.8) is 0 Å². The Labute approximate surface area is 120 Å². The van der Waals surface area contributed by atoms with Gasteiger partial charge in [0.1, 0.15) is 9.87 Å². The minimum absolute atomic E-state index is 0.226.